The van der Waals surface area contributed by atoms with Crippen molar-refractivity contribution in [2.24, 2.45) is 0 Å². The highest BCUT2D eigenvalue weighted by atomic mass is 16.6. The van der Waals surface area contributed by atoms with Crippen molar-refractivity contribution in [3.8, 4) is 0 Å². The molecule has 2 rings (SSSR count). The molecular weight excluding hydrogens is 192 g/mol. The Hall–Kier alpha value is -1.27. The number of cyclic esters (lactones) is 1. The summed E-state index contributed by atoms with van der Waals surface area (Å²) in [6, 6.07) is 0. The van der Waals surface area contributed by atoms with Crippen LogP contribution in [0.5, 0.6) is 0 Å². The molecule has 2 heterocycles. The number of ether oxygens (including phenoxy) is 3. The summed E-state index contributed by atoms with van der Waals surface area (Å²) in [5.74, 6) is -0.464. The van der Waals surface area contributed by atoms with Crippen molar-refractivity contribution in [1.82, 2.24) is 0 Å². The van der Waals surface area contributed by atoms with Crippen LogP contribution in [0.15, 0.2) is 11.5 Å². The average molecular weight is 202 g/mol. The van der Waals surface area contributed by atoms with Crippen LogP contribution in [-0.2, 0) is 19.0 Å². The zero-order valence-electron chi connectivity index (χ0n) is 7.30. The van der Waals surface area contributed by atoms with Gasteiger partial charge in [-0.2, -0.15) is 0 Å². The Kier molecular flexibility index (Phi) is 2.30. The van der Waals surface area contributed by atoms with E-state index >= 15 is 0 Å². The van der Waals surface area contributed by atoms with Gasteiger partial charge in [0.2, 0.25) is 5.76 Å². The summed E-state index contributed by atoms with van der Waals surface area (Å²) in [6.07, 6.45) is -2.11. The van der Waals surface area contributed by atoms with Crippen molar-refractivity contribution < 1.29 is 29.2 Å². The van der Waals surface area contributed by atoms with E-state index < -0.39 is 24.8 Å². The Morgan fingerprint density at radius 2 is 2.14 bits per heavy atom. The van der Waals surface area contributed by atoms with Crippen LogP contribution in [0.1, 0.15) is 0 Å². The van der Waals surface area contributed by atoms with E-state index in [-0.39, 0.29) is 18.1 Å². The van der Waals surface area contributed by atoms with Gasteiger partial charge in [-0.15, -0.1) is 0 Å². The fraction of sp³-hybridized carbons (Fsp3) is 0.625. The van der Waals surface area contributed by atoms with Crippen LogP contribution in [-0.4, -0.2) is 48.2 Å². The van der Waals surface area contributed by atoms with Gasteiger partial charge in [-0.05, 0) is 0 Å². The van der Waals surface area contributed by atoms with E-state index in [9.17, 15) is 9.90 Å². The third-order valence-corrected chi connectivity index (χ3v) is 2.03. The lowest BCUT2D eigenvalue weighted by atomic mass is 10.2. The third kappa shape index (κ3) is 1.32. The zero-order valence-corrected chi connectivity index (χ0v) is 7.30. The molecular formula is C8H10O6. The van der Waals surface area contributed by atoms with Crippen molar-refractivity contribution in [2.75, 3.05) is 19.8 Å². The summed E-state index contributed by atoms with van der Waals surface area (Å²) in [5.41, 5.74) is 0. The molecule has 0 amide bonds. The SMILES string of the molecule is O=C1O[C@H]([C@@H](O)CO)C2=C1OCCO2. The molecule has 0 aromatic rings. The number of hydrogen-bond donors (Lipinski definition) is 2. The van der Waals surface area contributed by atoms with Gasteiger partial charge >= 0.3 is 5.97 Å². The van der Waals surface area contributed by atoms with Gasteiger partial charge in [0.05, 0.1) is 6.61 Å². The van der Waals surface area contributed by atoms with Gasteiger partial charge in [-0.25, -0.2) is 4.79 Å². The molecule has 0 bridgehead atoms. The van der Waals surface area contributed by atoms with E-state index in [0.717, 1.165) is 0 Å². The molecule has 0 saturated carbocycles. The predicted molar refractivity (Wildman–Crippen MR) is 41.9 cm³/mol. The molecule has 0 saturated heterocycles. The highest BCUT2D eigenvalue weighted by Crippen LogP contribution is 2.29. The monoisotopic (exact) mass is 202 g/mol. The molecule has 0 unspecified atom stereocenters. The lowest BCUT2D eigenvalue weighted by molar-refractivity contribution is -0.147. The van der Waals surface area contributed by atoms with Gasteiger partial charge in [0, 0.05) is 0 Å². The molecule has 0 spiro atoms. The first kappa shape index (κ1) is 9.29. The number of carbonyl (C=O) groups excluding carboxylic acids is 1. The Bertz CT molecular complexity index is 284. The fourth-order valence-electron chi connectivity index (χ4n) is 1.37. The average Bonchev–Trinajstić information content (AvgIpc) is 2.56. The van der Waals surface area contributed by atoms with Crippen LogP contribution in [0, 0.1) is 0 Å². The molecule has 0 fully saturated rings. The Balaban J connectivity index is 2.23. The van der Waals surface area contributed by atoms with Crippen molar-refractivity contribution >= 4 is 5.97 Å². The fourth-order valence-corrected chi connectivity index (χ4v) is 1.37. The highest BCUT2D eigenvalue weighted by Gasteiger charge is 2.43. The highest BCUT2D eigenvalue weighted by molar-refractivity contribution is 5.89. The summed E-state index contributed by atoms with van der Waals surface area (Å²) in [4.78, 5) is 11.2. The molecule has 0 aliphatic carbocycles. The van der Waals surface area contributed by atoms with E-state index in [1.807, 2.05) is 0 Å². The smallest absolute Gasteiger partial charge is 0.378 e. The van der Waals surface area contributed by atoms with Crippen LogP contribution in [0.2, 0.25) is 0 Å². The number of hydrogen-bond acceptors (Lipinski definition) is 6. The van der Waals surface area contributed by atoms with Crippen LogP contribution >= 0.6 is 0 Å². The minimum Gasteiger partial charge on any atom is -0.486 e. The minimum atomic E-state index is -1.17. The number of aliphatic hydroxyl groups is 2. The number of carbonyl (C=O) groups is 1. The van der Waals surface area contributed by atoms with E-state index in [4.69, 9.17) is 19.3 Å². The molecule has 78 valence electrons. The lowest BCUT2D eigenvalue weighted by Crippen LogP contribution is -2.33. The summed E-state index contributed by atoms with van der Waals surface area (Å²) in [5, 5.41) is 18.0. The Morgan fingerprint density at radius 1 is 1.43 bits per heavy atom. The van der Waals surface area contributed by atoms with Gasteiger partial charge in [0.1, 0.15) is 19.3 Å². The maximum Gasteiger partial charge on any atom is 0.378 e. The summed E-state index contributed by atoms with van der Waals surface area (Å²) < 4.78 is 15.0. The largest absolute Gasteiger partial charge is 0.486 e. The van der Waals surface area contributed by atoms with Crippen LogP contribution in [0.3, 0.4) is 0 Å². The van der Waals surface area contributed by atoms with E-state index in [1.54, 1.807) is 0 Å². The zero-order chi connectivity index (χ0) is 10.1. The van der Waals surface area contributed by atoms with Gasteiger partial charge in [0.15, 0.2) is 11.9 Å². The van der Waals surface area contributed by atoms with Crippen LogP contribution < -0.4 is 0 Å². The van der Waals surface area contributed by atoms with E-state index in [2.05, 4.69) is 0 Å². The van der Waals surface area contributed by atoms with E-state index in [1.165, 1.54) is 0 Å². The van der Waals surface area contributed by atoms with Crippen molar-refractivity contribution in [3.63, 3.8) is 0 Å². The van der Waals surface area contributed by atoms with Gasteiger partial charge < -0.3 is 24.4 Å². The van der Waals surface area contributed by atoms with Crippen LogP contribution in [0.4, 0.5) is 0 Å². The summed E-state index contributed by atoms with van der Waals surface area (Å²) in [7, 11) is 0. The second-order valence-corrected chi connectivity index (χ2v) is 2.97. The lowest BCUT2D eigenvalue weighted by Gasteiger charge is -2.20. The van der Waals surface area contributed by atoms with Gasteiger partial charge in [-0.3, -0.25) is 0 Å². The molecule has 0 aromatic heterocycles. The van der Waals surface area contributed by atoms with Gasteiger partial charge in [-0.1, -0.05) is 0 Å². The first-order valence-corrected chi connectivity index (χ1v) is 4.23. The maximum atomic E-state index is 11.2. The van der Waals surface area contributed by atoms with Crippen LogP contribution in [0.25, 0.3) is 0 Å². The second-order valence-electron chi connectivity index (χ2n) is 2.97. The first-order valence-electron chi connectivity index (χ1n) is 4.23. The van der Waals surface area contributed by atoms with Crippen molar-refractivity contribution in [3.05, 3.63) is 11.5 Å². The second kappa shape index (κ2) is 3.47. The molecule has 2 aliphatic rings. The molecule has 2 N–H and O–H groups in total. The minimum absolute atomic E-state index is 0.00810. The standard InChI is InChI=1S/C8H10O6/c9-3-4(10)5-6-7(8(11)14-5)13-2-1-12-6/h4-5,9-10H,1-3H2/t4-,5+/m0/s1. The molecule has 14 heavy (non-hydrogen) atoms. The summed E-state index contributed by atoms with van der Waals surface area (Å²) in [6.45, 7) is 0.0953. The van der Waals surface area contributed by atoms with E-state index in [0.29, 0.717) is 6.61 Å². The summed E-state index contributed by atoms with van der Waals surface area (Å²) >= 11 is 0. The topological polar surface area (TPSA) is 85.2 Å². The Morgan fingerprint density at radius 3 is 2.86 bits per heavy atom. The molecule has 2 aliphatic heterocycles. The normalized spacial score (nSPS) is 27.6. The number of esters is 1. The molecule has 0 aromatic carbocycles. The van der Waals surface area contributed by atoms with Gasteiger partial charge in [0.25, 0.3) is 0 Å². The number of aliphatic hydroxyl groups excluding tert-OH is 2. The molecule has 0 radical (unpaired) electrons. The Labute approximate surface area is 79.7 Å². The number of rotatable bonds is 2. The van der Waals surface area contributed by atoms with Crippen molar-refractivity contribution in [1.29, 1.82) is 0 Å². The maximum absolute atomic E-state index is 11.2. The molecule has 2 atom stereocenters. The molecule has 6 heteroatoms. The quantitative estimate of drug-likeness (QED) is 0.531. The predicted octanol–water partition coefficient (Wildman–Crippen LogP) is -1.48. The molecule has 6 nitrogen and oxygen atoms in total. The third-order valence-electron chi connectivity index (χ3n) is 2.03. The van der Waals surface area contributed by atoms with Crippen molar-refractivity contribution in [2.45, 2.75) is 12.2 Å². The first-order chi connectivity index (χ1) is 6.74.